The molecule has 0 aliphatic rings. The van der Waals surface area contributed by atoms with Gasteiger partial charge in [0.05, 0.1) is 6.54 Å². The van der Waals surface area contributed by atoms with Crippen LogP contribution in [0.15, 0.2) is 53.5 Å². The minimum atomic E-state index is -0.271. The molecule has 1 unspecified atom stereocenters. The van der Waals surface area contributed by atoms with E-state index in [9.17, 15) is 4.39 Å². The molecule has 154 valence electrons. The lowest BCUT2D eigenvalue weighted by molar-refractivity contribution is 0.223. The smallest absolute Gasteiger partial charge is 0.191 e. The number of hydrogen-bond acceptors (Lipinski definition) is 3. The van der Waals surface area contributed by atoms with Gasteiger partial charge in [0.1, 0.15) is 17.7 Å². The van der Waals surface area contributed by atoms with Crippen LogP contribution in [0.5, 0.6) is 5.75 Å². The maximum atomic E-state index is 12.9. The topological polar surface area (TPSA) is 48.9 Å². The normalized spacial score (nSPS) is 12.3. The molecule has 0 amide bonds. The first kappa shape index (κ1) is 24.2. The minimum Gasteiger partial charge on any atom is -0.489 e. The van der Waals surface area contributed by atoms with Gasteiger partial charge in [-0.2, -0.15) is 0 Å². The third-order valence-corrected chi connectivity index (χ3v) is 3.88. The number of benzene rings is 2. The van der Waals surface area contributed by atoms with Crippen molar-refractivity contribution in [2.45, 2.75) is 26.1 Å². The Bertz CT molecular complexity index is 737. The quantitative estimate of drug-likeness (QED) is 0.330. The largest absolute Gasteiger partial charge is 0.489 e. The molecule has 0 bridgehead atoms. The maximum Gasteiger partial charge on any atom is 0.191 e. The second-order valence-corrected chi connectivity index (χ2v) is 6.75. The van der Waals surface area contributed by atoms with E-state index in [0.717, 1.165) is 6.54 Å². The Hall–Kier alpha value is -1.87. The van der Waals surface area contributed by atoms with Crippen molar-refractivity contribution in [1.82, 2.24) is 15.5 Å². The fourth-order valence-electron chi connectivity index (χ4n) is 2.64. The Morgan fingerprint density at radius 1 is 1.11 bits per heavy atom. The van der Waals surface area contributed by atoms with Crippen LogP contribution in [0, 0.1) is 5.82 Å². The first-order valence-electron chi connectivity index (χ1n) is 9.05. The average Bonchev–Trinajstić information content (AvgIpc) is 2.63. The monoisotopic (exact) mass is 500 g/mol. The van der Waals surface area contributed by atoms with E-state index in [1.807, 2.05) is 6.92 Å². The number of nitrogens with zero attached hydrogens (tertiary/aromatic N) is 2. The Balaban J connectivity index is 0.00000392. The van der Waals surface area contributed by atoms with Gasteiger partial charge in [-0.3, -0.25) is 4.99 Å². The standard InChI is InChI=1S/C21H29FN4O.HI/c1-16(27-20-10-8-19(22)9-11-20)13-24-21(23-2)25-14-17-6-5-7-18(12-17)15-26(3)4;/h5-12,16H,13-15H2,1-4H3,(H2,23,24,25);1H. The highest BCUT2D eigenvalue weighted by Gasteiger charge is 2.06. The molecule has 0 spiro atoms. The molecule has 0 saturated heterocycles. The molecule has 2 aromatic rings. The maximum absolute atomic E-state index is 12.9. The van der Waals surface area contributed by atoms with Crippen molar-refractivity contribution < 1.29 is 9.13 Å². The van der Waals surface area contributed by atoms with Crippen molar-refractivity contribution in [1.29, 1.82) is 0 Å². The van der Waals surface area contributed by atoms with E-state index in [-0.39, 0.29) is 35.9 Å². The van der Waals surface area contributed by atoms with E-state index in [0.29, 0.717) is 24.8 Å². The van der Waals surface area contributed by atoms with Crippen LogP contribution in [-0.2, 0) is 13.1 Å². The lowest BCUT2D eigenvalue weighted by atomic mass is 10.1. The molecule has 0 saturated carbocycles. The average molecular weight is 500 g/mol. The van der Waals surface area contributed by atoms with Crippen LogP contribution >= 0.6 is 24.0 Å². The molecule has 7 heteroatoms. The third-order valence-electron chi connectivity index (χ3n) is 3.88. The second-order valence-electron chi connectivity index (χ2n) is 6.75. The summed E-state index contributed by atoms with van der Waals surface area (Å²) in [6.45, 7) is 4.14. The SMILES string of the molecule is CN=C(NCc1cccc(CN(C)C)c1)NCC(C)Oc1ccc(F)cc1.I. The first-order chi connectivity index (χ1) is 13.0. The molecule has 2 rings (SSSR count). The molecule has 0 heterocycles. The van der Waals surface area contributed by atoms with Gasteiger partial charge in [-0.1, -0.05) is 24.3 Å². The summed E-state index contributed by atoms with van der Waals surface area (Å²) in [7, 11) is 5.86. The highest BCUT2D eigenvalue weighted by molar-refractivity contribution is 14.0. The van der Waals surface area contributed by atoms with Gasteiger partial charge in [-0.15, -0.1) is 24.0 Å². The zero-order valence-corrected chi connectivity index (χ0v) is 19.2. The van der Waals surface area contributed by atoms with Crippen LogP contribution in [0.4, 0.5) is 4.39 Å². The summed E-state index contributed by atoms with van der Waals surface area (Å²) >= 11 is 0. The van der Waals surface area contributed by atoms with Gasteiger partial charge in [0, 0.05) is 20.1 Å². The van der Waals surface area contributed by atoms with Crippen LogP contribution in [0.3, 0.4) is 0 Å². The van der Waals surface area contributed by atoms with Crippen molar-refractivity contribution in [3.05, 3.63) is 65.5 Å². The number of nitrogens with one attached hydrogen (secondary N) is 2. The summed E-state index contributed by atoms with van der Waals surface area (Å²) in [5, 5.41) is 6.56. The van der Waals surface area contributed by atoms with Crippen LogP contribution in [-0.4, -0.2) is 44.7 Å². The highest BCUT2D eigenvalue weighted by Crippen LogP contribution is 2.12. The summed E-state index contributed by atoms with van der Waals surface area (Å²) in [6.07, 6.45) is -0.0857. The predicted molar refractivity (Wildman–Crippen MR) is 124 cm³/mol. The van der Waals surface area contributed by atoms with Crippen molar-refractivity contribution in [3.8, 4) is 5.75 Å². The van der Waals surface area contributed by atoms with Gasteiger partial charge in [0.25, 0.3) is 0 Å². The number of halogens is 2. The molecule has 5 nitrogen and oxygen atoms in total. The lowest BCUT2D eigenvalue weighted by Crippen LogP contribution is -2.41. The third kappa shape index (κ3) is 8.88. The Morgan fingerprint density at radius 2 is 1.79 bits per heavy atom. The van der Waals surface area contributed by atoms with Gasteiger partial charge < -0.3 is 20.3 Å². The van der Waals surface area contributed by atoms with Gasteiger partial charge in [-0.25, -0.2) is 4.39 Å². The van der Waals surface area contributed by atoms with Crippen LogP contribution in [0.25, 0.3) is 0 Å². The molecule has 0 fully saturated rings. The van der Waals surface area contributed by atoms with Crippen molar-refractivity contribution in [2.75, 3.05) is 27.7 Å². The number of rotatable bonds is 8. The molecule has 0 radical (unpaired) electrons. The first-order valence-corrected chi connectivity index (χ1v) is 9.05. The number of guanidine groups is 1. The van der Waals surface area contributed by atoms with Gasteiger partial charge >= 0.3 is 0 Å². The summed E-state index contributed by atoms with van der Waals surface area (Å²) < 4.78 is 18.7. The molecular formula is C21H30FIN4O. The number of ether oxygens (including phenoxy) is 1. The summed E-state index contributed by atoms with van der Waals surface area (Å²) in [5.41, 5.74) is 2.48. The van der Waals surface area contributed by atoms with E-state index in [2.05, 4.69) is 58.9 Å². The van der Waals surface area contributed by atoms with Crippen molar-refractivity contribution in [2.24, 2.45) is 4.99 Å². The van der Waals surface area contributed by atoms with Gasteiger partial charge in [0.2, 0.25) is 0 Å². The number of aliphatic imine (C=N–C) groups is 1. The summed E-state index contributed by atoms with van der Waals surface area (Å²) in [5.74, 6) is 1.08. The van der Waals surface area contributed by atoms with Gasteiger partial charge in [0.15, 0.2) is 5.96 Å². The van der Waals surface area contributed by atoms with Crippen molar-refractivity contribution in [3.63, 3.8) is 0 Å². The van der Waals surface area contributed by atoms with E-state index in [1.165, 1.54) is 23.3 Å². The minimum absolute atomic E-state index is 0. The lowest BCUT2D eigenvalue weighted by Gasteiger charge is -2.18. The molecule has 28 heavy (non-hydrogen) atoms. The van der Waals surface area contributed by atoms with Crippen LogP contribution < -0.4 is 15.4 Å². The molecule has 0 aliphatic heterocycles. The van der Waals surface area contributed by atoms with Crippen LogP contribution in [0.2, 0.25) is 0 Å². The van der Waals surface area contributed by atoms with E-state index in [1.54, 1.807) is 19.2 Å². The Morgan fingerprint density at radius 3 is 2.43 bits per heavy atom. The summed E-state index contributed by atoms with van der Waals surface area (Å²) in [4.78, 5) is 6.39. The second kappa shape index (κ2) is 12.6. The summed E-state index contributed by atoms with van der Waals surface area (Å²) in [6, 6.07) is 14.5. The van der Waals surface area contributed by atoms with E-state index >= 15 is 0 Å². The molecular weight excluding hydrogens is 470 g/mol. The van der Waals surface area contributed by atoms with E-state index < -0.39 is 0 Å². The zero-order chi connectivity index (χ0) is 19.6. The molecule has 2 aromatic carbocycles. The molecule has 2 N–H and O–H groups in total. The van der Waals surface area contributed by atoms with Crippen LogP contribution in [0.1, 0.15) is 18.1 Å². The Kier molecular flexibility index (Phi) is 10.8. The number of hydrogen-bond donors (Lipinski definition) is 2. The predicted octanol–water partition coefficient (Wildman–Crippen LogP) is 3.64. The molecule has 1 atom stereocenters. The molecule has 0 aliphatic carbocycles. The van der Waals surface area contributed by atoms with Gasteiger partial charge in [-0.05, 0) is 56.4 Å². The van der Waals surface area contributed by atoms with E-state index in [4.69, 9.17) is 4.74 Å². The fraction of sp³-hybridized carbons (Fsp3) is 0.381. The Labute approximate surface area is 184 Å². The highest BCUT2D eigenvalue weighted by atomic mass is 127. The molecule has 0 aromatic heterocycles. The van der Waals surface area contributed by atoms with Crippen molar-refractivity contribution >= 4 is 29.9 Å². The zero-order valence-electron chi connectivity index (χ0n) is 16.9. The fourth-order valence-corrected chi connectivity index (χ4v) is 2.64.